The molecule has 2 aromatic heterocycles. The van der Waals surface area contributed by atoms with Gasteiger partial charge in [0.05, 0.1) is 47.2 Å². The molecular formula is C12H10N2O4S2. The summed E-state index contributed by atoms with van der Waals surface area (Å²) in [4.78, 5) is 11.0. The number of ether oxygens (including phenoxy) is 4. The summed E-state index contributed by atoms with van der Waals surface area (Å²) in [5.41, 5.74) is 5.10. The lowest BCUT2D eigenvalue weighted by molar-refractivity contribution is -0.368. The lowest BCUT2D eigenvalue weighted by Gasteiger charge is -2.42. The van der Waals surface area contributed by atoms with Crippen LogP contribution in [0.3, 0.4) is 0 Å². The van der Waals surface area contributed by atoms with E-state index in [4.69, 9.17) is 18.9 Å². The minimum atomic E-state index is -1.13. The fourth-order valence-corrected chi connectivity index (χ4v) is 4.89. The van der Waals surface area contributed by atoms with Crippen molar-refractivity contribution in [1.82, 2.24) is 9.97 Å². The molecule has 0 saturated carbocycles. The number of fused-ring (bicyclic) bond motifs is 6. The predicted molar refractivity (Wildman–Crippen MR) is 70.4 cm³/mol. The highest BCUT2D eigenvalue weighted by atomic mass is 32.1. The molecule has 0 aromatic carbocycles. The highest BCUT2D eigenvalue weighted by Gasteiger charge is 2.69. The number of aromatic nitrogens is 2. The van der Waals surface area contributed by atoms with Gasteiger partial charge in [0.25, 0.3) is 11.6 Å². The first-order chi connectivity index (χ1) is 9.87. The van der Waals surface area contributed by atoms with Crippen LogP contribution in [0.4, 0.5) is 0 Å². The van der Waals surface area contributed by atoms with Crippen molar-refractivity contribution in [3.05, 3.63) is 22.4 Å². The van der Waals surface area contributed by atoms with Gasteiger partial charge in [0.2, 0.25) is 0 Å². The van der Waals surface area contributed by atoms with Gasteiger partial charge in [-0.15, -0.1) is 22.7 Å². The van der Waals surface area contributed by atoms with Gasteiger partial charge >= 0.3 is 0 Å². The van der Waals surface area contributed by atoms with Crippen LogP contribution in [0.5, 0.6) is 0 Å². The van der Waals surface area contributed by atoms with Crippen molar-refractivity contribution in [3.63, 3.8) is 0 Å². The lowest BCUT2D eigenvalue weighted by Crippen LogP contribution is -2.53. The van der Waals surface area contributed by atoms with Gasteiger partial charge in [-0.25, -0.2) is 9.97 Å². The summed E-state index contributed by atoms with van der Waals surface area (Å²) < 4.78 is 23.9. The molecule has 6 nitrogen and oxygen atoms in total. The zero-order chi connectivity index (χ0) is 13.2. The first-order valence-electron chi connectivity index (χ1n) is 6.31. The van der Waals surface area contributed by atoms with Crippen LogP contribution < -0.4 is 0 Å². The quantitative estimate of drug-likeness (QED) is 0.738. The van der Waals surface area contributed by atoms with E-state index in [9.17, 15) is 0 Å². The average molecular weight is 310 g/mol. The fourth-order valence-electron chi connectivity index (χ4n) is 3.07. The van der Waals surface area contributed by atoms with Crippen LogP contribution in [-0.2, 0) is 30.5 Å². The maximum atomic E-state index is 5.97. The molecule has 1 aliphatic carbocycles. The number of rotatable bonds is 0. The monoisotopic (exact) mass is 310 g/mol. The number of nitrogens with zero attached hydrogens (tertiary/aromatic N) is 2. The first-order valence-corrected chi connectivity index (χ1v) is 8.07. The minimum absolute atomic E-state index is 0.491. The second-order valence-electron chi connectivity index (χ2n) is 4.69. The van der Waals surface area contributed by atoms with Gasteiger partial charge in [-0.05, 0) is 0 Å². The molecule has 0 N–H and O–H groups in total. The van der Waals surface area contributed by atoms with E-state index in [1.165, 1.54) is 0 Å². The predicted octanol–water partition coefficient (Wildman–Crippen LogP) is 1.68. The van der Waals surface area contributed by atoms with E-state index in [1.807, 2.05) is 0 Å². The summed E-state index contributed by atoms with van der Waals surface area (Å²) in [6, 6.07) is 0. The smallest absolute Gasteiger partial charge is 0.276 e. The molecule has 2 fully saturated rings. The average Bonchev–Trinajstić information content (AvgIpc) is 3.22. The first kappa shape index (κ1) is 11.7. The second kappa shape index (κ2) is 3.85. The van der Waals surface area contributed by atoms with E-state index in [0.29, 0.717) is 26.4 Å². The summed E-state index contributed by atoms with van der Waals surface area (Å²) in [5, 5.41) is 0. The van der Waals surface area contributed by atoms with Crippen LogP contribution in [0.1, 0.15) is 11.4 Å². The molecule has 4 heterocycles. The molecule has 2 aliphatic heterocycles. The Balaban J connectivity index is 1.87. The summed E-state index contributed by atoms with van der Waals surface area (Å²) >= 11 is 3.13. The number of thiazole rings is 2. The van der Waals surface area contributed by atoms with Gasteiger partial charge in [0.15, 0.2) is 0 Å². The molecule has 0 radical (unpaired) electrons. The Hall–Kier alpha value is -0.900. The van der Waals surface area contributed by atoms with Gasteiger partial charge < -0.3 is 18.9 Å². The molecule has 3 aliphatic rings. The Morgan fingerprint density at radius 1 is 0.750 bits per heavy atom. The standard InChI is InChI=1S/C12H10N2O4S2/c1-2-16-11(15-1)9-7(19-5-13-9)8-10(14-6-20-8)12(11)17-3-4-18-12/h5-6H,1-4H2. The van der Waals surface area contributed by atoms with Crippen molar-refractivity contribution < 1.29 is 18.9 Å². The van der Waals surface area contributed by atoms with Crippen molar-refractivity contribution in [2.75, 3.05) is 26.4 Å². The molecule has 20 heavy (non-hydrogen) atoms. The normalized spacial score (nSPS) is 25.2. The molecule has 8 heteroatoms. The van der Waals surface area contributed by atoms with Gasteiger partial charge in [-0.3, -0.25) is 0 Å². The van der Waals surface area contributed by atoms with Crippen molar-refractivity contribution in [3.8, 4) is 9.75 Å². The summed E-state index contributed by atoms with van der Waals surface area (Å²) in [6.45, 7) is 1.96. The van der Waals surface area contributed by atoms with Gasteiger partial charge in [0.1, 0.15) is 11.4 Å². The van der Waals surface area contributed by atoms with Gasteiger partial charge in [-0.2, -0.15) is 0 Å². The van der Waals surface area contributed by atoms with E-state index < -0.39 is 11.6 Å². The Morgan fingerprint density at radius 2 is 1.15 bits per heavy atom. The van der Waals surface area contributed by atoms with Crippen LogP contribution in [0, 0.1) is 0 Å². The third kappa shape index (κ3) is 1.15. The number of hydrogen-bond donors (Lipinski definition) is 0. The Labute approximate surface area is 122 Å². The SMILES string of the molecule is c1nc2c(s1)-c1scnc1C1(OCCO1)C21OCCO1. The van der Waals surface area contributed by atoms with Gasteiger partial charge in [0, 0.05) is 0 Å². The van der Waals surface area contributed by atoms with E-state index in [1.54, 1.807) is 33.7 Å². The molecule has 0 bridgehead atoms. The molecular weight excluding hydrogens is 300 g/mol. The number of hydrogen-bond acceptors (Lipinski definition) is 8. The summed E-state index contributed by atoms with van der Waals surface area (Å²) in [5.74, 6) is -2.25. The van der Waals surface area contributed by atoms with Crippen molar-refractivity contribution in [2.24, 2.45) is 0 Å². The largest absolute Gasteiger partial charge is 0.338 e. The van der Waals surface area contributed by atoms with E-state index >= 15 is 0 Å². The van der Waals surface area contributed by atoms with E-state index in [-0.39, 0.29) is 0 Å². The third-order valence-corrected chi connectivity index (χ3v) is 5.60. The molecule has 2 spiro atoms. The Bertz CT molecular complexity index is 612. The molecule has 104 valence electrons. The minimum Gasteiger partial charge on any atom is -0.338 e. The molecule has 0 unspecified atom stereocenters. The van der Waals surface area contributed by atoms with Crippen LogP contribution in [-0.4, -0.2) is 36.4 Å². The fraction of sp³-hybridized carbons (Fsp3) is 0.500. The zero-order valence-electron chi connectivity index (χ0n) is 10.3. The topological polar surface area (TPSA) is 62.7 Å². The molecule has 0 atom stereocenters. The van der Waals surface area contributed by atoms with E-state index in [0.717, 1.165) is 21.1 Å². The molecule has 5 rings (SSSR count). The van der Waals surface area contributed by atoms with Gasteiger partial charge in [-0.1, -0.05) is 0 Å². The van der Waals surface area contributed by atoms with Crippen LogP contribution in [0.15, 0.2) is 11.0 Å². The maximum absolute atomic E-state index is 5.97. The van der Waals surface area contributed by atoms with Crippen molar-refractivity contribution in [1.29, 1.82) is 0 Å². The Kier molecular flexibility index (Phi) is 2.25. The third-order valence-electron chi connectivity index (χ3n) is 3.79. The second-order valence-corrected chi connectivity index (χ2v) is 6.40. The highest BCUT2D eigenvalue weighted by Crippen LogP contribution is 2.60. The van der Waals surface area contributed by atoms with Crippen molar-refractivity contribution in [2.45, 2.75) is 11.6 Å². The lowest BCUT2D eigenvalue weighted by atomic mass is 9.91. The molecule has 2 saturated heterocycles. The maximum Gasteiger partial charge on any atom is 0.276 e. The summed E-state index contributed by atoms with van der Waals surface area (Å²) in [7, 11) is 0. The van der Waals surface area contributed by atoms with E-state index in [2.05, 4.69) is 9.97 Å². The van der Waals surface area contributed by atoms with Crippen molar-refractivity contribution >= 4 is 22.7 Å². The van der Waals surface area contributed by atoms with Crippen LogP contribution >= 0.6 is 22.7 Å². The summed E-state index contributed by atoms with van der Waals surface area (Å²) in [6.07, 6.45) is 0. The molecule has 2 aromatic rings. The Morgan fingerprint density at radius 3 is 1.55 bits per heavy atom. The molecule has 0 amide bonds. The highest BCUT2D eigenvalue weighted by molar-refractivity contribution is 7.20. The van der Waals surface area contributed by atoms with Crippen LogP contribution in [0.25, 0.3) is 9.75 Å². The zero-order valence-corrected chi connectivity index (χ0v) is 12.0. The van der Waals surface area contributed by atoms with Crippen LogP contribution in [0.2, 0.25) is 0 Å².